The van der Waals surface area contributed by atoms with E-state index in [1.54, 1.807) is 6.92 Å². The lowest BCUT2D eigenvalue weighted by molar-refractivity contribution is -0.143. The Labute approximate surface area is 105 Å². The summed E-state index contributed by atoms with van der Waals surface area (Å²) in [6, 6.07) is 2.98. The highest BCUT2D eigenvalue weighted by Gasteiger charge is 2.10. The standard InChI is InChI=1S/C13H17F2NO2/c1-2-18-13(17)4-3-12(16)7-9-5-10(14)8-11(15)6-9/h5-6,8,12H,2-4,7,16H2,1H3. The first kappa shape index (κ1) is 14.6. The van der Waals surface area contributed by atoms with Gasteiger partial charge in [-0.1, -0.05) is 0 Å². The van der Waals surface area contributed by atoms with Crippen LogP contribution >= 0.6 is 0 Å². The van der Waals surface area contributed by atoms with Crippen molar-refractivity contribution in [3.63, 3.8) is 0 Å². The first-order valence-electron chi connectivity index (χ1n) is 5.87. The number of halogens is 2. The molecule has 3 nitrogen and oxygen atoms in total. The van der Waals surface area contributed by atoms with Crippen LogP contribution in [0.2, 0.25) is 0 Å². The molecule has 0 aliphatic rings. The van der Waals surface area contributed by atoms with Crippen LogP contribution in [0.15, 0.2) is 18.2 Å². The summed E-state index contributed by atoms with van der Waals surface area (Å²) in [6.07, 6.45) is 0.970. The third-order valence-corrected chi connectivity index (χ3v) is 2.44. The van der Waals surface area contributed by atoms with Gasteiger partial charge in [-0.15, -0.1) is 0 Å². The minimum atomic E-state index is -0.623. The lowest BCUT2D eigenvalue weighted by Gasteiger charge is -2.11. The van der Waals surface area contributed by atoms with Gasteiger partial charge in [-0.3, -0.25) is 4.79 Å². The number of benzene rings is 1. The smallest absolute Gasteiger partial charge is 0.305 e. The van der Waals surface area contributed by atoms with Crippen LogP contribution in [0.5, 0.6) is 0 Å². The normalized spacial score (nSPS) is 12.2. The Balaban J connectivity index is 2.44. The quantitative estimate of drug-likeness (QED) is 0.795. The predicted octanol–water partition coefficient (Wildman–Crippen LogP) is 2.18. The number of nitrogens with two attached hydrogens (primary N) is 1. The summed E-state index contributed by atoms with van der Waals surface area (Å²) >= 11 is 0. The van der Waals surface area contributed by atoms with Gasteiger partial charge in [-0.05, 0) is 37.5 Å². The van der Waals surface area contributed by atoms with Gasteiger partial charge in [0.15, 0.2) is 0 Å². The molecule has 0 saturated carbocycles. The number of ether oxygens (including phenoxy) is 1. The summed E-state index contributed by atoms with van der Waals surface area (Å²) in [5.74, 6) is -1.55. The number of carbonyl (C=O) groups excluding carboxylic acids is 1. The molecule has 0 spiro atoms. The van der Waals surface area contributed by atoms with E-state index in [4.69, 9.17) is 10.5 Å². The van der Waals surface area contributed by atoms with E-state index in [-0.39, 0.29) is 18.4 Å². The van der Waals surface area contributed by atoms with E-state index in [0.717, 1.165) is 6.07 Å². The largest absolute Gasteiger partial charge is 0.466 e. The summed E-state index contributed by atoms with van der Waals surface area (Å²) < 4.78 is 30.6. The maximum Gasteiger partial charge on any atom is 0.305 e. The predicted molar refractivity (Wildman–Crippen MR) is 63.9 cm³/mol. The molecule has 2 N–H and O–H groups in total. The summed E-state index contributed by atoms with van der Waals surface area (Å²) in [4.78, 5) is 11.1. The van der Waals surface area contributed by atoms with Gasteiger partial charge in [0.05, 0.1) is 6.61 Å². The van der Waals surface area contributed by atoms with Gasteiger partial charge in [0, 0.05) is 18.5 Å². The molecule has 0 heterocycles. The number of rotatable bonds is 6. The SMILES string of the molecule is CCOC(=O)CCC(N)Cc1cc(F)cc(F)c1. The molecule has 1 aromatic carbocycles. The molecule has 0 aromatic heterocycles. The van der Waals surface area contributed by atoms with Gasteiger partial charge < -0.3 is 10.5 Å². The van der Waals surface area contributed by atoms with Crippen molar-refractivity contribution in [1.29, 1.82) is 0 Å². The second kappa shape index (κ2) is 7.06. The van der Waals surface area contributed by atoms with E-state index < -0.39 is 11.6 Å². The third-order valence-electron chi connectivity index (χ3n) is 2.44. The average Bonchev–Trinajstić information content (AvgIpc) is 2.25. The molecule has 18 heavy (non-hydrogen) atoms. The molecular formula is C13H17F2NO2. The second-order valence-electron chi connectivity index (χ2n) is 4.09. The fraction of sp³-hybridized carbons (Fsp3) is 0.462. The molecule has 1 unspecified atom stereocenters. The van der Waals surface area contributed by atoms with Gasteiger partial charge in [-0.2, -0.15) is 0 Å². The Morgan fingerprint density at radius 2 is 1.94 bits per heavy atom. The van der Waals surface area contributed by atoms with E-state index in [1.807, 2.05) is 0 Å². The molecule has 0 aliphatic carbocycles. The highest BCUT2D eigenvalue weighted by molar-refractivity contribution is 5.69. The van der Waals surface area contributed by atoms with Crippen molar-refractivity contribution in [2.24, 2.45) is 5.73 Å². The minimum absolute atomic E-state index is 0.215. The van der Waals surface area contributed by atoms with Crippen molar-refractivity contribution in [3.8, 4) is 0 Å². The van der Waals surface area contributed by atoms with Crippen molar-refractivity contribution in [3.05, 3.63) is 35.4 Å². The van der Waals surface area contributed by atoms with E-state index in [0.29, 0.717) is 25.0 Å². The van der Waals surface area contributed by atoms with Crippen LogP contribution in [0.25, 0.3) is 0 Å². The zero-order valence-electron chi connectivity index (χ0n) is 10.3. The molecule has 0 radical (unpaired) electrons. The van der Waals surface area contributed by atoms with Crippen molar-refractivity contribution in [1.82, 2.24) is 0 Å². The molecule has 0 aliphatic heterocycles. The zero-order chi connectivity index (χ0) is 13.5. The number of esters is 1. The lowest BCUT2D eigenvalue weighted by Crippen LogP contribution is -2.24. The van der Waals surface area contributed by atoms with Crippen molar-refractivity contribution in [2.45, 2.75) is 32.2 Å². The maximum atomic E-state index is 12.9. The number of hydrogen-bond acceptors (Lipinski definition) is 3. The van der Waals surface area contributed by atoms with Crippen LogP contribution in [-0.2, 0) is 16.0 Å². The molecule has 0 amide bonds. The van der Waals surface area contributed by atoms with Gasteiger partial charge in [0.2, 0.25) is 0 Å². The fourth-order valence-electron chi connectivity index (χ4n) is 1.67. The molecule has 0 fully saturated rings. The monoisotopic (exact) mass is 257 g/mol. The zero-order valence-corrected chi connectivity index (χ0v) is 10.3. The van der Waals surface area contributed by atoms with Crippen LogP contribution < -0.4 is 5.73 Å². The van der Waals surface area contributed by atoms with Crippen molar-refractivity contribution >= 4 is 5.97 Å². The van der Waals surface area contributed by atoms with Gasteiger partial charge in [0.25, 0.3) is 0 Å². The van der Waals surface area contributed by atoms with Crippen molar-refractivity contribution in [2.75, 3.05) is 6.61 Å². The van der Waals surface area contributed by atoms with Gasteiger partial charge in [-0.25, -0.2) is 8.78 Å². The molecule has 1 rings (SSSR count). The Morgan fingerprint density at radius 3 is 2.50 bits per heavy atom. The van der Waals surface area contributed by atoms with Crippen LogP contribution in [0.1, 0.15) is 25.3 Å². The van der Waals surface area contributed by atoms with E-state index in [2.05, 4.69) is 0 Å². The van der Waals surface area contributed by atoms with E-state index in [1.165, 1.54) is 12.1 Å². The highest BCUT2D eigenvalue weighted by Crippen LogP contribution is 2.11. The van der Waals surface area contributed by atoms with E-state index in [9.17, 15) is 13.6 Å². The van der Waals surface area contributed by atoms with Crippen LogP contribution in [-0.4, -0.2) is 18.6 Å². The van der Waals surface area contributed by atoms with Crippen molar-refractivity contribution < 1.29 is 18.3 Å². The molecule has 1 atom stereocenters. The molecule has 1 aromatic rings. The van der Waals surface area contributed by atoms with Gasteiger partial charge >= 0.3 is 5.97 Å². The molecule has 5 heteroatoms. The fourth-order valence-corrected chi connectivity index (χ4v) is 1.67. The van der Waals surface area contributed by atoms with Crippen LogP contribution in [0.3, 0.4) is 0 Å². The maximum absolute atomic E-state index is 12.9. The third kappa shape index (κ3) is 5.23. The Bertz CT molecular complexity index is 390. The van der Waals surface area contributed by atoms with E-state index >= 15 is 0 Å². The average molecular weight is 257 g/mol. The van der Waals surface area contributed by atoms with Gasteiger partial charge in [0.1, 0.15) is 11.6 Å². The first-order chi connectivity index (χ1) is 8.51. The summed E-state index contributed by atoms with van der Waals surface area (Å²) in [7, 11) is 0. The second-order valence-corrected chi connectivity index (χ2v) is 4.09. The first-order valence-corrected chi connectivity index (χ1v) is 5.87. The molecule has 0 saturated heterocycles. The molecule has 100 valence electrons. The topological polar surface area (TPSA) is 52.3 Å². The number of hydrogen-bond donors (Lipinski definition) is 1. The summed E-state index contributed by atoms with van der Waals surface area (Å²) in [5.41, 5.74) is 6.29. The molecule has 0 bridgehead atoms. The summed E-state index contributed by atoms with van der Waals surface area (Å²) in [5, 5.41) is 0. The Hall–Kier alpha value is -1.49. The molecular weight excluding hydrogens is 240 g/mol. The minimum Gasteiger partial charge on any atom is -0.466 e. The number of carbonyl (C=O) groups is 1. The Morgan fingerprint density at radius 1 is 1.33 bits per heavy atom. The lowest BCUT2D eigenvalue weighted by atomic mass is 10.0. The highest BCUT2D eigenvalue weighted by atomic mass is 19.1. The van der Waals surface area contributed by atoms with Crippen LogP contribution in [0, 0.1) is 11.6 Å². The summed E-state index contributed by atoms with van der Waals surface area (Å²) in [6.45, 7) is 2.07. The van der Waals surface area contributed by atoms with Crippen LogP contribution in [0.4, 0.5) is 8.78 Å². The Kier molecular flexibility index (Phi) is 5.71.